The molecule has 0 heterocycles. The highest BCUT2D eigenvalue weighted by molar-refractivity contribution is 5.92. The van der Waals surface area contributed by atoms with Crippen molar-refractivity contribution in [2.45, 2.75) is 137 Å². The van der Waals surface area contributed by atoms with Gasteiger partial charge in [0.15, 0.2) is 23.1 Å². The summed E-state index contributed by atoms with van der Waals surface area (Å²) < 4.78 is 68.2. The number of hydrogen-bond donors (Lipinski definition) is 0. The van der Waals surface area contributed by atoms with Crippen LogP contribution in [0.4, 0.5) is 17.6 Å². The van der Waals surface area contributed by atoms with Crippen molar-refractivity contribution in [3.05, 3.63) is 178 Å². The van der Waals surface area contributed by atoms with Crippen LogP contribution in [0.1, 0.15) is 154 Å². The van der Waals surface area contributed by atoms with Crippen LogP contribution >= 0.6 is 0 Å². The molecule has 6 rings (SSSR count). The molecular weight excluding hydrogens is 849 g/mol. The maximum absolute atomic E-state index is 14.6. The lowest BCUT2D eigenvalue weighted by Gasteiger charge is -2.09. The van der Waals surface area contributed by atoms with Gasteiger partial charge < -0.3 is 9.47 Å². The number of aryl methyl sites for hydroxylation is 4. The molecule has 0 aliphatic rings. The first-order valence-corrected chi connectivity index (χ1v) is 24.3. The molecule has 0 amide bonds. The van der Waals surface area contributed by atoms with E-state index in [2.05, 4.69) is 20.8 Å². The van der Waals surface area contributed by atoms with Gasteiger partial charge >= 0.3 is 11.9 Å². The van der Waals surface area contributed by atoms with E-state index in [4.69, 9.17) is 9.47 Å². The fraction of sp³-hybridized carbons (Fsp3) is 0.356. The minimum Gasteiger partial charge on any atom is -0.420 e. The number of unbranched alkanes of at least 4 members (excludes halogenated alkanes) is 9. The van der Waals surface area contributed by atoms with Crippen LogP contribution in [-0.4, -0.2) is 11.9 Å². The van der Waals surface area contributed by atoms with E-state index in [0.717, 1.165) is 115 Å². The Morgan fingerprint density at radius 1 is 0.358 bits per heavy atom. The van der Waals surface area contributed by atoms with E-state index in [0.29, 0.717) is 11.1 Å². The Hall–Kier alpha value is -6.02. The van der Waals surface area contributed by atoms with Crippen LogP contribution in [0.25, 0.3) is 22.3 Å². The van der Waals surface area contributed by atoms with Crippen molar-refractivity contribution < 1.29 is 36.6 Å². The summed E-state index contributed by atoms with van der Waals surface area (Å²) in [5.41, 5.74) is 6.95. The normalized spacial score (nSPS) is 10.9. The molecule has 0 N–H and O–H groups in total. The number of halogens is 4. The van der Waals surface area contributed by atoms with E-state index in [-0.39, 0.29) is 23.1 Å². The zero-order valence-electron chi connectivity index (χ0n) is 39.7. The van der Waals surface area contributed by atoms with Gasteiger partial charge in [-0.25, -0.2) is 27.2 Å². The van der Waals surface area contributed by atoms with Crippen molar-refractivity contribution in [1.29, 1.82) is 0 Å². The number of hydrogen-bond acceptors (Lipinski definition) is 4. The number of rotatable bonds is 23. The van der Waals surface area contributed by atoms with Gasteiger partial charge in [-0.2, -0.15) is 0 Å². The zero-order valence-corrected chi connectivity index (χ0v) is 39.7. The van der Waals surface area contributed by atoms with Gasteiger partial charge in [-0.1, -0.05) is 153 Å². The highest BCUT2D eigenvalue weighted by atomic mass is 19.1. The molecule has 0 unspecified atom stereocenters. The number of ether oxygens (including phenoxy) is 2. The second-order valence-electron chi connectivity index (χ2n) is 17.3. The Balaban J connectivity index is 0.000000251. The van der Waals surface area contributed by atoms with Crippen molar-refractivity contribution in [1.82, 2.24) is 0 Å². The molecule has 0 aliphatic heterocycles. The van der Waals surface area contributed by atoms with E-state index in [1.165, 1.54) is 62.8 Å². The van der Waals surface area contributed by atoms with Gasteiger partial charge in [0.25, 0.3) is 0 Å². The molecule has 354 valence electrons. The quantitative estimate of drug-likeness (QED) is 0.0278. The average molecular weight is 915 g/mol. The third-order valence-corrected chi connectivity index (χ3v) is 11.9. The highest BCUT2D eigenvalue weighted by Gasteiger charge is 2.16. The minimum atomic E-state index is -0.631. The van der Waals surface area contributed by atoms with Crippen LogP contribution in [0.5, 0.6) is 11.5 Å². The molecule has 0 atom stereocenters. The van der Waals surface area contributed by atoms with Crippen LogP contribution in [0.3, 0.4) is 0 Å². The van der Waals surface area contributed by atoms with Gasteiger partial charge in [-0.15, -0.1) is 0 Å². The predicted octanol–water partition coefficient (Wildman–Crippen LogP) is 17.0. The average Bonchev–Trinajstić information content (AvgIpc) is 3.33. The standard InChI is InChI=1S/C30H34F2O2.C29H32F2O2/c1-3-5-7-8-9-11-24-15-18-26(21-27(24)31)23-13-16-25(17-14-23)30(33)34-29-19-12-22(10-6-4-2)20-28(29)32;1-3-5-6-7-8-10-23-14-17-25(20-26(23)30)22-12-15-24(16-13-22)29(32)33-28-18-11-21(9-4-2)19-27(28)31/h12-21H,3-11H2,1-2H3;11-20H,3-10H2,1-2H3. The van der Waals surface area contributed by atoms with E-state index in [1.807, 2.05) is 31.2 Å². The van der Waals surface area contributed by atoms with Crippen LogP contribution in [0.15, 0.2) is 121 Å². The number of esters is 2. The van der Waals surface area contributed by atoms with Crippen LogP contribution in [-0.2, 0) is 25.7 Å². The Morgan fingerprint density at radius 2 is 0.746 bits per heavy atom. The summed E-state index contributed by atoms with van der Waals surface area (Å²) >= 11 is 0. The number of benzene rings is 6. The summed E-state index contributed by atoms with van der Waals surface area (Å²) in [6.07, 6.45) is 17.5. The molecule has 0 spiro atoms. The Labute approximate surface area is 395 Å². The number of carbonyl (C=O) groups excluding carboxylic acids is 2. The molecule has 6 aromatic carbocycles. The van der Waals surface area contributed by atoms with Gasteiger partial charge in [-0.3, -0.25) is 0 Å². The Bertz CT molecular complexity index is 2480. The van der Waals surface area contributed by atoms with Crippen molar-refractivity contribution in [2.24, 2.45) is 0 Å². The molecule has 4 nitrogen and oxygen atoms in total. The molecule has 0 aromatic heterocycles. The van der Waals surface area contributed by atoms with Gasteiger partial charge in [0.2, 0.25) is 0 Å². The smallest absolute Gasteiger partial charge is 0.343 e. The summed E-state index contributed by atoms with van der Waals surface area (Å²) in [5.74, 6) is -2.92. The monoisotopic (exact) mass is 914 g/mol. The fourth-order valence-corrected chi connectivity index (χ4v) is 7.85. The molecule has 0 saturated carbocycles. The third-order valence-electron chi connectivity index (χ3n) is 11.9. The minimum absolute atomic E-state index is 0.0818. The lowest BCUT2D eigenvalue weighted by atomic mass is 9.99. The van der Waals surface area contributed by atoms with E-state index in [1.54, 1.807) is 72.8 Å². The summed E-state index contributed by atoms with van der Waals surface area (Å²) in [7, 11) is 0. The summed E-state index contributed by atoms with van der Waals surface area (Å²) in [6, 6.07) is 33.4. The van der Waals surface area contributed by atoms with Crippen molar-refractivity contribution >= 4 is 11.9 Å². The summed E-state index contributed by atoms with van der Waals surface area (Å²) in [6.45, 7) is 8.47. The van der Waals surface area contributed by atoms with Gasteiger partial charge in [-0.05, 0) is 150 Å². The van der Waals surface area contributed by atoms with Crippen LogP contribution in [0.2, 0.25) is 0 Å². The molecule has 8 heteroatoms. The fourth-order valence-electron chi connectivity index (χ4n) is 7.85. The van der Waals surface area contributed by atoms with E-state index < -0.39 is 23.6 Å². The van der Waals surface area contributed by atoms with E-state index >= 15 is 0 Å². The highest BCUT2D eigenvalue weighted by Crippen LogP contribution is 2.28. The summed E-state index contributed by atoms with van der Waals surface area (Å²) in [5, 5.41) is 0. The molecule has 0 fully saturated rings. The van der Waals surface area contributed by atoms with Crippen molar-refractivity contribution in [3.8, 4) is 33.8 Å². The molecule has 0 aliphatic carbocycles. The molecular formula is C59H66F4O4. The zero-order chi connectivity index (χ0) is 48.0. The SMILES string of the molecule is CCCCCCCc1ccc(-c2ccc(C(=O)Oc3ccc(CCC)cc3F)cc2)cc1F.CCCCCCCc1ccc(-c2ccc(C(=O)Oc3ccc(CCCC)cc3F)cc2)cc1F. The van der Waals surface area contributed by atoms with Crippen molar-refractivity contribution in [2.75, 3.05) is 0 Å². The first-order chi connectivity index (χ1) is 32.5. The topological polar surface area (TPSA) is 52.6 Å². The van der Waals surface area contributed by atoms with Gasteiger partial charge in [0.05, 0.1) is 11.1 Å². The largest absolute Gasteiger partial charge is 0.420 e. The molecule has 67 heavy (non-hydrogen) atoms. The molecule has 0 bridgehead atoms. The van der Waals surface area contributed by atoms with Crippen LogP contribution < -0.4 is 9.47 Å². The lowest BCUT2D eigenvalue weighted by Crippen LogP contribution is -2.09. The molecule has 0 saturated heterocycles. The van der Waals surface area contributed by atoms with Crippen LogP contribution in [0, 0.1) is 23.3 Å². The lowest BCUT2D eigenvalue weighted by molar-refractivity contribution is 0.0718. The molecule has 6 aromatic rings. The van der Waals surface area contributed by atoms with Gasteiger partial charge in [0.1, 0.15) is 11.6 Å². The predicted molar refractivity (Wildman–Crippen MR) is 264 cm³/mol. The second kappa shape index (κ2) is 27.6. The first kappa shape index (κ1) is 52.0. The Kier molecular flexibility index (Phi) is 21.4. The Morgan fingerprint density at radius 3 is 1.12 bits per heavy atom. The number of carbonyl (C=O) groups is 2. The maximum Gasteiger partial charge on any atom is 0.343 e. The summed E-state index contributed by atoms with van der Waals surface area (Å²) in [4.78, 5) is 24.9. The second-order valence-corrected chi connectivity index (χ2v) is 17.3. The van der Waals surface area contributed by atoms with Gasteiger partial charge in [0, 0.05) is 0 Å². The molecule has 0 radical (unpaired) electrons. The van der Waals surface area contributed by atoms with E-state index in [9.17, 15) is 27.2 Å². The third kappa shape index (κ3) is 16.4. The van der Waals surface area contributed by atoms with Crippen molar-refractivity contribution in [3.63, 3.8) is 0 Å². The maximum atomic E-state index is 14.6. The first-order valence-electron chi connectivity index (χ1n) is 24.3.